The van der Waals surface area contributed by atoms with Crippen LogP contribution in [0.1, 0.15) is 39.5 Å². The van der Waals surface area contributed by atoms with E-state index >= 15 is 0 Å². The third-order valence-corrected chi connectivity index (χ3v) is 12.4. The summed E-state index contributed by atoms with van der Waals surface area (Å²) in [7, 11) is 0. The first kappa shape index (κ1) is 23.5. The van der Waals surface area contributed by atoms with Crippen molar-refractivity contribution in [1.82, 2.24) is 9.80 Å². The van der Waals surface area contributed by atoms with Crippen LogP contribution >= 0.6 is 0 Å². The van der Waals surface area contributed by atoms with Crippen molar-refractivity contribution in [2.24, 2.45) is 11.8 Å². The second-order valence-electron chi connectivity index (χ2n) is 7.59. The number of aliphatic carboxylic acids is 2. The number of carbonyl (C=O) groups is 4. The Morgan fingerprint density at radius 2 is 1.18 bits per heavy atom. The molecular weight excluding hydrogens is 498 g/mol. The molecule has 0 bridgehead atoms. The number of carbonyl (C=O) groups excluding carboxylic acids is 2. The molecule has 2 heterocycles. The van der Waals surface area contributed by atoms with Gasteiger partial charge in [-0.05, 0) is 0 Å². The number of hydrogen-bond acceptors (Lipinski definition) is 6. The van der Waals surface area contributed by atoms with Crippen molar-refractivity contribution in [3.8, 4) is 0 Å². The van der Waals surface area contributed by atoms with Crippen molar-refractivity contribution in [3.05, 3.63) is 0 Å². The molecule has 28 heavy (non-hydrogen) atoms. The second kappa shape index (κ2) is 10.9. The summed E-state index contributed by atoms with van der Waals surface area (Å²) in [5.74, 6) is -2.20. The fourth-order valence-corrected chi connectivity index (χ4v) is 10.5. The predicted molar refractivity (Wildman–Crippen MR) is 104 cm³/mol. The Labute approximate surface area is 176 Å². The van der Waals surface area contributed by atoms with E-state index in [9.17, 15) is 29.4 Å². The molecule has 2 rings (SSSR count). The molecule has 0 amide bonds. The number of rotatable bonds is 11. The molecule has 0 aromatic rings. The average Bonchev–Trinajstić information content (AvgIpc) is 3.28. The van der Waals surface area contributed by atoms with Crippen LogP contribution < -0.4 is 0 Å². The fraction of sp³-hybridized carbons (Fsp3) is 0.778. The molecule has 0 radical (unpaired) electrons. The van der Waals surface area contributed by atoms with Crippen LogP contribution in [0.2, 0.25) is 0 Å². The van der Waals surface area contributed by atoms with Crippen LogP contribution in [0.25, 0.3) is 0 Å². The van der Waals surface area contributed by atoms with Crippen LogP contribution in [0.4, 0.5) is 0 Å². The zero-order valence-corrected chi connectivity index (χ0v) is 19.6. The van der Waals surface area contributed by atoms with E-state index in [1.807, 2.05) is 23.6 Å². The SMILES string of the molecule is CC(CN1CCC[C@H]1C(=O)O)C(=O)[Se][Se]C(=O)C(C)CN1CCC[C@H]1C(=O)O. The summed E-state index contributed by atoms with van der Waals surface area (Å²) in [6.45, 7) is 5.89. The van der Waals surface area contributed by atoms with Gasteiger partial charge in [-0.15, -0.1) is 0 Å². The Morgan fingerprint density at radius 3 is 1.50 bits per heavy atom. The van der Waals surface area contributed by atoms with Gasteiger partial charge < -0.3 is 0 Å². The maximum atomic E-state index is 12.4. The van der Waals surface area contributed by atoms with Gasteiger partial charge in [0.15, 0.2) is 0 Å². The Bertz CT molecular complexity index is 565. The van der Waals surface area contributed by atoms with Gasteiger partial charge in [0, 0.05) is 0 Å². The van der Waals surface area contributed by atoms with Crippen molar-refractivity contribution in [2.75, 3.05) is 26.2 Å². The van der Waals surface area contributed by atoms with Crippen LogP contribution in [0.15, 0.2) is 0 Å². The molecule has 8 nitrogen and oxygen atoms in total. The second-order valence-corrected chi connectivity index (χ2v) is 13.6. The topological polar surface area (TPSA) is 115 Å². The molecule has 158 valence electrons. The first-order valence-electron chi connectivity index (χ1n) is 9.56. The molecule has 0 aromatic heterocycles. The summed E-state index contributed by atoms with van der Waals surface area (Å²) in [6, 6.07) is -1.00. The van der Waals surface area contributed by atoms with Gasteiger partial charge in [-0.1, -0.05) is 0 Å². The van der Waals surface area contributed by atoms with Gasteiger partial charge in [-0.25, -0.2) is 0 Å². The van der Waals surface area contributed by atoms with Crippen LogP contribution in [0, 0.1) is 11.8 Å². The van der Waals surface area contributed by atoms with E-state index in [1.165, 1.54) is 0 Å². The first-order chi connectivity index (χ1) is 13.2. The molecule has 2 unspecified atom stereocenters. The van der Waals surface area contributed by atoms with Crippen molar-refractivity contribution in [3.63, 3.8) is 0 Å². The summed E-state index contributed by atoms with van der Waals surface area (Å²) in [5.41, 5.74) is 0. The Hall–Kier alpha value is -0.761. The molecule has 10 heteroatoms. The van der Waals surface area contributed by atoms with E-state index in [2.05, 4.69) is 0 Å². The molecule has 2 N–H and O–H groups in total. The van der Waals surface area contributed by atoms with Gasteiger partial charge in [0.2, 0.25) is 0 Å². The molecule has 0 aromatic carbocycles. The number of carboxylic acid groups (broad SMARTS) is 2. The predicted octanol–water partition coefficient (Wildman–Crippen LogP) is -0.267. The molecule has 2 saturated heterocycles. The maximum absolute atomic E-state index is 12.4. The molecule has 0 spiro atoms. The third kappa shape index (κ3) is 6.37. The molecule has 2 fully saturated rings. The zero-order chi connectivity index (χ0) is 20.8. The van der Waals surface area contributed by atoms with Crippen molar-refractivity contribution in [2.45, 2.75) is 51.6 Å². The van der Waals surface area contributed by atoms with Gasteiger partial charge >= 0.3 is 176 Å². The third-order valence-electron chi connectivity index (χ3n) is 5.32. The van der Waals surface area contributed by atoms with Crippen molar-refractivity contribution in [1.29, 1.82) is 0 Å². The van der Waals surface area contributed by atoms with Gasteiger partial charge in [-0.3, -0.25) is 0 Å². The number of hydrogen-bond donors (Lipinski definition) is 2. The van der Waals surface area contributed by atoms with Crippen LogP contribution in [-0.4, -0.2) is 106 Å². The number of nitrogens with zero attached hydrogens (tertiary/aromatic N) is 2. The Balaban J connectivity index is 1.75. The molecule has 0 aliphatic carbocycles. The average molecular weight is 526 g/mol. The minimum atomic E-state index is -0.836. The normalized spacial score (nSPS) is 25.5. The number of carboxylic acids is 2. The monoisotopic (exact) mass is 528 g/mol. The summed E-state index contributed by atoms with van der Waals surface area (Å²) >= 11 is -0.819. The van der Waals surface area contributed by atoms with E-state index in [1.54, 1.807) is 0 Å². The van der Waals surface area contributed by atoms with Crippen molar-refractivity contribution < 1.29 is 29.4 Å². The van der Waals surface area contributed by atoms with Gasteiger partial charge in [0.05, 0.1) is 0 Å². The van der Waals surface area contributed by atoms with Crippen LogP contribution in [0.5, 0.6) is 0 Å². The minimum absolute atomic E-state index is 0.0636. The summed E-state index contributed by atoms with van der Waals surface area (Å²) in [4.78, 5) is 51.1. The van der Waals surface area contributed by atoms with E-state index in [4.69, 9.17) is 0 Å². The van der Waals surface area contributed by atoms with Gasteiger partial charge in [0.1, 0.15) is 0 Å². The fourth-order valence-electron chi connectivity index (χ4n) is 3.75. The number of likely N-dealkylation sites (tertiary alicyclic amines) is 2. The Morgan fingerprint density at radius 1 is 0.821 bits per heavy atom. The molecule has 4 atom stereocenters. The van der Waals surface area contributed by atoms with Crippen LogP contribution in [0.3, 0.4) is 0 Å². The quantitative estimate of drug-likeness (QED) is 0.354. The van der Waals surface area contributed by atoms with E-state index in [0.29, 0.717) is 39.0 Å². The first-order valence-corrected chi connectivity index (χ1v) is 15.6. The Kier molecular flexibility index (Phi) is 9.12. The van der Waals surface area contributed by atoms with E-state index in [0.717, 1.165) is 12.8 Å². The standard InChI is InChI=1S/C18H28N2O6Se2/c1-11(9-19-7-3-5-13(19)15(21)22)17(25)27-28-18(26)12(2)10-20-8-4-6-14(20)16(23)24/h11-14H,3-10H2,1-2H3,(H,21,22)(H,23,24)/t11?,12?,13-,14-/m0/s1. The summed E-state index contributed by atoms with van der Waals surface area (Å²) in [6.07, 6.45) is 2.90. The zero-order valence-electron chi connectivity index (χ0n) is 16.2. The molecule has 2 aliphatic rings. The van der Waals surface area contributed by atoms with Crippen molar-refractivity contribution >= 4 is 47.6 Å². The van der Waals surface area contributed by atoms with E-state index in [-0.39, 0.29) is 21.2 Å². The summed E-state index contributed by atoms with van der Waals surface area (Å²) < 4.78 is 0.127. The van der Waals surface area contributed by atoms with Gasteiger partial charge in [0.25, 0.3) is 0 Å². The molecule has 0 saturated carbocycles. The van der Waals surface area contributed by atoms with Crippen LogP contribution in [-0.2, 0) is 19.2 Å². The van der Waals surface area contributed by atoms with E-state index < -0.39 is 50.3 Å². The van der Waals surface area contributed by atoms with Gasteiger partial charge in [-0.2, -0.15) is 0 Å². The summed E-state index contributed by atoms with van der Waals surface area (Å²) in [5, 5.41) is 18.5. The molecule has 2 aliphatic heterocycles. The molecular formula is C18H28N2O6Se2.